The van der Waals surface area contributed by atoms with E-state index in [2.05, 4.69) is 33.6 Å². The summed E-state index contributed by atoms with van der Waals surface area (Å²) in [5, 5.41) is 0. The zero-order valence-electron chi connectivity index (χ0n) is 12.7. The lowest BCUT2D eigenvalue weighted by molar-refractivity contribution is 0.983. The van der Waals surface area contributed by atoms with E-state index in [-0.39, 0.29) is 0 Å². The average molecular weight is 270 g/mol. The molecule has 0 aliphatic heterocycles. The third-order valence-corrected chi connectivity index (χ3v) is 2.81. The molecule has 0 unspecified atom stereocenters. The van der Waals surface area contributed by atoms with Crippen molar-refractivity contribution in [2.24, 2.45) is 15.0 Å². The predicted molar refractivity (Wildman–Crippen MR) is 88.3 cm³/mol. The monoisotopic (exact) mass is 270 g/mol. The number of rotatable bonds is 5. The highest BCUT2D eigenvalue weighted by molar-refractivity contribution is 5.90. The second-order valence-electron chi connectivity index (χ2n) is 4.32. The van der Waals surface area contributed by atoms with Gasteiger partial charge in [-0.15, -0.1) is 0 Å². The fraction of sp³-hybridized carbons (Fsp3) is 0.375. The third-order valence-electron chi connectivity index (χ3n) is 2.81. The highest BCUT2D eigenvalue weighted by Crippen LogP contribution is 2.29. The Morgan fingerprint density at radius 3 is 2.70 bits per heavy atom. The first-order valence-corrected chi connectivity index (χ1v) is 6.83. The minimum Gasteiger partial charge on any atom is -0.260 e. The molecule has 4 nitrogen and oxygen atoms in total. The Morgan fingerprint density at radius 2 is 2.15 bits per heavy atom. The van der Waals surface area contributed by atoms with Crippen LogP contribution in [0.4, 0.5) is 5.69 Å². The predicted octanol–water partition coefficient (Wildman–Crippen LogP) is 4.37. The molecule has 106 valence electrons. The minimum atomic E-state index is 0.737. The molecule has 0 amide bonds. The summed E-state index contributed by atoms with van der Waals surface area (Å²) in [6.45, 7) is 11.5. The first-order valence-electron chi connectivity index (χ1n) is 6.83. The molecule has 4 heteroatoms. The van der Waals surface area contributed by atoms with Crippen LogP contribution >= 0.6 is 0 Å². The van der Waals surface area contributed by atoms with Crippen LogP contribution in [0.2, 0.25) is 0 Å². The van der Waals surface area contributed by atoms with Gasteiger partial charge >= 0.3 is 0 Å². The van der Waals surface area contributed by atoms with Crippen LogP contribution in [-0.4, -0.2) is 23.8 Å². The molecule has 0 aromatic carbocycles. The van der Waals surface area contributed by atoms with Crippen molar-refractivity contribution >= 4 is 30.2 Å². The smallest absolute Gasteiger partial charge is 0.128 e. The summed E-state index contributed by atoms with van der Waals surface area (Å²) in [6, 6.07) is 1.94. The van der Waals surface area contributed by atoms with Gasteiger partial charge in [-0.05, 0) is 45.5 Å². The number of hydrogen-bond acceptors (Lipinski definition) is 3. The molecule has 1 heterocycles. The average Bonchev–Trinajstić information content (AvgIpc) is 2.46. The van der Waals surface area contributed by atoms with E-state index in [1.807, 2.05) is 32.9 Å². The van der Waals surface area contributed by atoms with E-state index < -0.39 is 0 Å². The van der Waals surface area contributed by atoms with Gasteiger partial charge < -0.3 is 0 Å². The molecule has 1 aromatic heterocycles. The maximum Gasteiger partial charge on any atom is 0.128 e. The zero-order chi connectivity index (χ0) is 15.0. The Morgan fingerprint density at radius 1 is 1.40 bits per heavy atom. The molecule has 0 bridgehead atoms. The summed E-state index contributed by atoms with van der Waals surface area (Å²) in [4.78, 5) is 17.4. The quantitative estimate of drug-likeness (QED) is 0.579. The molecule has 0 radical (unpaired) electrons. The van der Waals surface area contributed by atoms with Crippen molar-refractivity contribution in [3.63, 3.8) is 0 Å². The summed E-state index contributed by atoms with van der Waals surface area (Å²) in [5.41, 5.74) is 3.47. The van der Waals surface area contributed by atoms with E-state index in [9.17, 15) is 0 Å². The number of aliphatic imine (C=N–C) groups is 3. The summed E-state index contributed by atoms with van der Waals surface area (Å²) in [6.07, 6.45) is 7.25. The molecule has 0 saturated carbocycles. The Balaban J connectivity index is 3.41. The largest absolute Gasteiger partial charge is 0.260 e. The second kappa shape index (κ2) is 8.15. The maximum absolute atomic E-state index is 4.63. The molecule has 0 N–H and O–H groups in total. The Kier molecular flexibility index (Phi) is 6.50. The van der Waals surface area contributed by atoms with Gasteiger partial charge in [0, 0.05) is 18.8 Å². The highest BCUT2D eigenvalue weighted by atomic mass is 14.9. The first kappa shape index (κ1) is 16.0. The molecule has 0 saturated heterocycles. The van der Waals surface area contributed by atoms with E-state index in [4.69, 9.17) is 0 Å². The van der Waals surface area contributed by atoms with E-state index in [0.717, 1.165) is 41.3 Å². The number of amidine groups is 1. The van der Waals surface area contributed by atoms with Crippen molar-refractivity contribution in [2.75, 3.05) is 0 Å². The number of aromatic nitrogens is 1. The minimum absolute atomic E-state index is 0.737. The van der Waals surface area contributed by atoms with Crippen LogP contribution in [0.1, 0.15) is 44.9 Å². The fourth-order valence-electron chi connectivity index (χ4n) is 1.81. The highest BCUT2D eigenvalue weighted by Gasteiger charge is 2.11. The van der Waals surface area contributed by atoms with Crippen molar-refractivity contribution in [2.45, 2.75) is 40.5 Å². The third kappa shape index (κ3) is 3.95. The van der Waals surface area contributed by atoms with Crippen LogP contribution in [0.15, 0.2) is 33.3 Å². The molecule has 20 heavy (non-hydrogen) atoms. The van der Waals surface area contributed by atoms with E-state index in [1.54, 1.807) is 12.4 Å². The van der Waals surface area contributed by atoms with Crippen LogP contribution in [0.3, 0.4) is 0 Å². The van der Waals surface area contributed by atoms with Crippen LogP contribution in [0, 0.1) is 6.92 Å². The SMILES string of the molecule is C=N/C(CCC)=N\c1c(C)ccnc1C(=C/C)/N=C\C. The fourth-order valence-corrected chi connectivity index (χ4v) is 1.81. The van der Waals surface area contributed by atoms with Gasteiger partial charge in [0.05, 0.1) is 11.4 Å². The lowest BCUT2D eigenvalue weighted by atomic mass is 10.1. The van der Waals surface area contributed by atoms with Gasteiger partial charge in [-0.1, -0.05) is 13.0 Å². The molecule has 0 aliphatic rings. The van der Waals surface area contributed by atoms with Gasteiger partial charge in [-0.2, -0.15) is 0 Å². The molecule has 0 aliphatic carbocycles. The number of aryl methyl sites for hydroxylation is 1. The molecule has 0 fully saturated rings. The van der Waals surface area contributed by atoms with E-state index >= 15 is 0 Å². The van der Waals surface area contributed by atoms with Gasteiger partial charge in [0.15, 0.2) is 0 Å². The van der Waals surface area contributed by atoms with Gasteiger partial charge in [-0.3, -0.25) is 9.98 Å². The van der Waals surface area contributed by atoms with Crippen molar-refractivity contribution in [1.29, 1.82) is 0 Å². The Hall–Kier alpha value is -2.10. The van der Waals surface area contributed by atoms with Crippen molar-refractivity contribution in [3.05, 3.63) is 29.6 Å². The zero-order valence-corrected chi connectivity index (χ0v) is 12.7. The topological polar surface area (TPSA) is 50.0 Å². The number of nitrogens with zero attached hydrogens (tertiary/aromatic N) is 4. The van der Waals surface area contributed by atoms with Crippen molar-refractivity contribution in [1.82, 2.24) is 4.98 Å². The van der Waals surface area contributed by atoms with E-state index in [1.165, 1.54) is 0 Å². The van der Waals surface area contributed by atoms with Crippen molar-refractivity contribution < 1.29 is 0 Å². The van der Waals surface area contributed by atoms with Crippen LogP contribution in [0.5, 0.6) is 0 Å². The number of hydrogen-bond donors (Lipinski definition) is 0. The normalized spacial score (nSPS) is 13.0. The van der Waals surface area contributed by atoms with Gasteiger partial charge in [0.2, 0.25) is 0 Å². The summed E-state index contributed by atoms with van der Waals surface area (Å²) in [7, 11) is 0. The lowest BCUT2D eigenvalue weighted by Crippen LogP contribution is -1.96. The summed E-state index contributed by atoms with van der Waals surface area (Å²) in [5.74, 6) is 0.737. The standard InChI is InChI=1S/C16H22N4/c1-6-9-14(17-5)20-15-12(4)10-11-19-16(15)13(7-2)18-8-3/h7-8,10-11H,5-6,9H2,1-4H3/b13-7-,18-8-,20-14-. The molecular weight excluding hydrogens is 248 g/mol. The molecular formula is C16H22N4. The van der Waals surface area contributed by atoms with Crippen LogP contribution in [0.25, 0.3) is 5.70 Å². The molecule has 0 spiro atoms. The molecule has 1 rings (SSSR count). The van der Waals surface area contributed by atoms with Gasteiger partial charge in [-0.25, -0.2) is 9.98 Å². The van der Waals surface area contributed by atoms with Gasteiger partial charge in [0.25, 0.3) is 0 Å². The maximum atomic E-state index is 4.63. The number of allylic oxidation sites excluding steroid dienone is 1. The Bertz CT molecular complexity index is 554. The van der Waals surface area contributed by atoms with E-state index in [0.29, 0.717) is 0 Å². The molecule has 0 atom stereocenters. The first-order chi connectivity index (χ1) is 9.67. The number of pyridine rings is 1. The van der Waals surface area contributed by atoms with Crippen LogP contribution < -0.4 is 0 Å². The summed E-state index contributed by atoms with van der Waals surface area (Å²) >= 11 is 0. The van der Waals surface area contributed by atoms with Crippen LogP contribution in [-0.2, 0) is 0 Å². The van der Waals surface area contributed by atoms with Gasteiger partial charge in [0.1, 0.15) is 11.5 Å². The summed E-state index contributed by atoms with van der Waals surface area (Å²) < 4.78 is 0. The Labute approximate surface area is 121 Å². The molecule has 1 aromatic rings. The lowest BCUT2D eigenvalue weighted by Gasteiger charge is -2.09. The second-order valence-corrected chi connectivity index (χ2v) is 4.32. The van der Waals surface area contributed by atoms with Crippen molar-refractivity contribution in [3.8, 4) is 0 Å².